The third-order valence-corrected chi connectivity index (χ3v) is 9.54. The molecule has 6 rings (SSSR count). The minimum Gasteiger partial charge on any atom is -0.480 e. The number of carbonyl (C=O) groups excluding carboxylic acids is 2. The summed E-state index contributed by atoms with van der Waals surface area (Å²) in [6.45, 7) is 1.91. The average Bonchev–Trinajstić information content (AvgIpc) is 3.02. The molecule has 5 aliphatic rings. The van der Waals surface area contributed by atoms with Gasteiger partial charge in [0, 0.05) is 41.3 Å². The highest BCUT2D eigenvalue weighted by Gasteiger charge is 2.89. The van der Waals surface area contributed by atoms with Gasteiger partial charge in [0.1, 0.15) is 12.4 Å². The largest absolute Gasteiger partial charge is 0.522 e. The van der Waals surface area contributed by atoms with E-state index in [1.807, 2.05) is 0 Å². The molecule has 0 spiro atoms. The van der Waals surface area contributed by atoms with Crippen LogP contribution >= 0.6 is 11.6 Å². The molecule has 1 aromatic carbocycles. The molecule has 1 aliphatic heterocycles. The van der Waals surface area contributed by atoms with Crippen LogP contribution in [0, 0.1) is 17.3 Å². The first-order chi connectivity index (χ1) is 17.4. The summed E-state index contributed by atoms with van der Waals surface area (Å²) in [7, 11) is 0. The van der Waals surface area contributed by atoms with Crippen LogP contribution < -0.4 is 15.4 Å². The molecule has 4 saturated carbocycles. The predicted octanol–water partition coefficient (Wildman–Crippen LogP) is 3.01. The molecular formula is C25H28ClF3N2O6. The summed E-state index contributed by atoms with van der Waals surface area (Å²) in [5, 5.41) is 17.2. The lowest BCUT2D eigenvalue weighted by Gasteiger charge is -2.47. The van der Waals surface area contributed by atoms with Crippen molar-refractivity contribution in [1.29, 1.82) is 0 Å². The van der Waals surface area contributed by atoms with Gasteiger partial charge in [-0.15, -0.1) is 13.2 Å². The Hall–Kier alpha value is -2.08. The quantitative estimate of drug-likeness (QED) is 0.487. The van der Waals surface area contributed by atoms with Gasteiger partial charge in [0.25, 0.3) is 5.91 Å². The van der Waals surface area contributed by atoms with E-state index in [-0.39, 0.29) is 66.5 Å². The molecule has 202 valence electrons. The van der Waals surface area contributed by atoms with Crippen molar-refractivity contribution in [3.05, 3.63) is 28.8 Å². The highest BCUT2D eigenvalue weighted by Crippen LogP contribution is 2.84. The molecule has 1 aromatic rings. The number of aliphatic hydroxyl groups excluding tert-OH is 1. The van der Waals surface area contributed by atoms with Crippen molar-refractivity contribution >= 4 is 23.4 Å². The van der Waals surface area contributed by atoms with E-state index in [1.165, 1.54) is 0 Å². The number of halogens is 4. The molecule has 4 fully saturated rings. The Morgan fingerprint density at radius 2 is 1.97 bits per heavy atom. The van der Waals surface area contributed by atoms with E-state index in [4.69, 9.17) is 21.1 Å². The minimum atomic E-state index is -4.66. The van der Waals surface area contributed by atoms with Gasteiger partial charge in [0.2, 0.25) is 5.91 Å². The first-order valence-corrected chi connectivity index (χ1v) is 12.9. The molecule has 0 saturated heterocycles. The first-order valence-electron chi connectivity index (χ1n) is 12.5. The highest BCUT2D eigenvalue weighted by atomic mass is 35.5. The van der Waals surface area contributed by atoms with E-state index in [9.17, 15) is 27.9 Å². The molecular weight excluding hydrogens is 517 g/mol. The van der Waals surface area contributed by atoms with Gasteiger partial charge in [-0.1, -0.05) is 18.5 Å². The molecule has 12 heteroatoms. The highest BCUT2D eigenvalue weighted by molar-refractivity contribution is 6.30. The van der Waals surface area contributed by atoms with Crippen molar-refractivity contribution in [1.82, 2.24) is 10.6 Å². The molecule has 1 heterocycles. The third-order valence-electron chi connectivity index (χ3n) is 9.31. The monoisotopic (exact) mass is 544 g/mol. The second-order valence-corrected chi connectivity index (χ2v) is 11.6. The summed E-state index contributed by atoms with van der Waals surface area (Å²) in [5.74, 6) is 0.348. The summed E-state index contributed by atoms with van der Waals surface area (Å²) < 4.78 is 51.9. The molecule has 0 bridgehead atoms. The maximum Gasteiger partial charge on any atom is 0.522 e. The number of nitrogens with one attached hydrogen (secondary N) is 2. The van der Waals surface area contributed by atoms with Gasteiger partial charge >= 0.3 is 6.36 Å². The zero-order valence-corrected chi connectivity index (χ0v) is 20.8. The van der Waals surface area contributed by atoms with Gasteiger partial charge in [-0.05, 0) is 42.9 Å². The number of hydrogen-bond donors (Lipinski definition) is 3. The number of aliphatic hydroxyl groups is 1. The minimum absolute atomic E-state index is 0.0366. The smallest absolute Gasteiger partial charge is 0.480 e. The molecule has 3 N–H and O–H groups in total. The van der Waals surface area contributed by atoms with E-state index in [0.29, 0.717) is 16.3 Å². The Bertz CT molecular complexity index is 1130. The predicted molar refractivity (Wildman–Crippen MR) is 122 cm³/mol. The lowest BCUT2D eigenvalue weighted by atomic mass is 9.66. The van der Waals surface area contributed by atoms with Crippen molar-refractivity contribution < 1.29 is 42.1 Å². The van der Waals surface area contributed by atoms with Gasteiger partial charge < -0.3 is 25.2 Å². The van der Waals surface area contributed by atoms with E-state index in [0.717, 1.165) is 12.8 Å². The number of carbonyl (C=O) groups is 2. The summed E-state index contributed by atoms with van der Waals surface area (Å²) in [4.78, 5) is 25.5. The Morgan fingerprint density at radius 1 is 1.22 bits per heavy atom. The summed E-state index contributed by atoms with van der Waals surface area (Å²) in [6.07, 6.45) is -5.79. The van der Waals surface area contributed by atoms with E-state index >= 15 is 0 Å². The third kappa shape index (κ3) is 4.09. The Kier molecular flexibility index (Phi) is 5.76. The van der Waals surface area contributed by atoms with Gasteiger partial charge in [0.05, 0.1) is 23.9 Å². The summed E-state index contributed by atoms with van der Waals surface area (Å²) in [5.41, 5.74) is 0.150. The second kappa shape index (κ2) is 8.46. The molecule has 2 amide bonds. The van der Waals surface area contributed by atoms with Crippen molar-refractivity contribution in [3.8, 4) is 5.75 Å². The number of fused-ring (bicyclic) bond motifs is 2. The number of benzene rings is 1. The molecule has 0 aromatic heterocycles. The normalized spacial score (nSPS) is 40.9. The fraction of sp³-hybridized carbons (Fsp3) is 0.680. The van der Waals surface area contributed by atoms with Crippen molar-refractivity contribution in [2.24, 2.45) is 17.3 Å². The Balaban J connectivity index is 0.964. The van der Waals surface area contributed by atoms with Crippen LogP contribution in [0.25, 0.3) is 0 Å². The van der Waals surface area contributed by atoms with Crippen molar-refractivity contribution in [3.63, 3.8) is 0 Å². The van der Waals surface area contributed by atoms with Crippen LogP contribution in [0.1, 0.15) is 50.7 Å². The summed E-state index contributed by atoms with van der Waals surface area (Å²) in [6, 6.07) is 4.90. The maximum absolute atomic E-state index is 13.0. The van der Waals surface area contributed by atoms with E-state index < -0.39 is 30.8 Å². The number of alkyl halides is 3. The summed E-state index contributed by atoms with van der Waals surface area (Å²) >= 11 is 6.00. The topological polar surface area (TPSA) is 106 Å². The fourth-order valence-electron chi connectivity index (χ4n) is 7.33. The van der Waals surface area contributed by atoms with Gasteiger partial charge in [-0.3, -0.25) is 14.3 Å². The number of amides is 2. The number of ether oxygens (including phenoxy) is 3. The average molecular weight is 545 g/mol. The van der Waals surface area contributed by atoms with Gasteiger partial charge in [-0.2, -0.15) is 0 Å². The number of rotatable bonds is 7. The van der Waals surface area contributed by atoms with E-state index in [1.54, 1.807) is 18.2 Å². The lowest BCUT2D eigenvalue weighted by molar-refractivity contribution is -0.357. The van der Waals surface area contributed by atoms with Crippen LogP contribution in [0.3, 0.4) is 0 Å². The first kappa shape index (κ1) is 25.2. The zero-order valence-electron chi connectivity index (χ0n) is 20.0. The van der Waals surface area contributed by atoms with Crippen LogP contribution in [0.4, 0.5) is 13.2 Å². The second-order valence-electron chi connectivity index (χ2n) is 11.1. The van der Waals surface area contributed by atoms with Gasteiger partial charge in [0.15, 0.2) is 6.10 Å². The maximum atomic E-state index is 13.0. The van der Waals surface area contributed by atoms with Crippen LogP contribution in [0.15, 0.2) is 18.2 Å². The molecule has 37 heavy (non-hydrogen) atoms. The van der Waals surface area contributed by atoms with Crippen LogP contribution in [0.2, 0.25) is 5.02 Å². The Labute approximate surface area is 216 Å². The molecule has 8 nitrogen and oxygen atoms in total. The van der Waals surface area contributed by atoms with Crippen molar-refractivity contribution in [2.45, 2.75) is 81.4 Å². The lowest BCUT2D eigenvalue weighted by Crippen LogP contribution is -2.61. The molecule has 7 atom stereocenters. The number of hydrogen-bond acceptors (Lipinski definition) is 6. The fourth-order valence-corrected chi connectivity index (χ4v) is 7.51. The molecule has 4 aliphatic carbocycles. The SMILES string of the molecule is C[C@@]12[C@H]3C[C@@H](NC(=O)[C@H]4C[C@@H](O)c5cc(Cl)ccc5O4)[C@@H]1C[C@]32NC(=O)CO[C@H]1C[C@@H](OC(F)(F)F)C1. The van der Waals surface area contributed by atoms with Crippen LogP contribution in [-0.2, 0) is 19.1 Å². The standard InChI is InChI=1S/C25H28ClF3N2O6/c1-23-15-9-24(23,31-21(33)10-35-12-5-13(6-12)37-25(27,28)29)20(23)7-16(15)30-22(34)19-8-17(32)14-4-11(26)2-3-18(14)36-19/h2-4,12-13,15-17,19-20,32H,5-10H2,1H3,(H,30,34)(H,31,33)/t12-,13+,15-,16+,17+,19+,20+,23-,24-/m0/s1. The van der Waals surface area contributed by atoms with Crippen molar-refractivity contribution in [2.75, 3.05) is 6.61 Å². The van der Waals surface area contributed by atoms with Gasteiger partial charge in [-0.25, -0.2) is 0 Å². The zero-order chi connectivity index (χ0) is 26.3. The Morgan fingerprint density at radius 3 is 2.62 bits per heavy atom. The molecule has 0 unspecified atom stereocenters. The molecule has 0 radical (unpaired) electrons. The van der Waals surface area contributed by atoms with Crippen LogP contribution in [-0.4, -0.2) is 59.8 Å². The van der Waals surface area contributed by atoms with E-state index in [2.05, 4.69) is 22.3 Å². The van der Waals surface area contributed by atoms with Crippen LogP contribution in [0.5, 0.6) is 5.75 Å².